The number of ether oxygens (including phenoxy) is 1. The van der Waals surface area contributed by atoms with Crippen LogP contribution in [0.1, 0.15) is 43.1 Å². The van der Waals surface area contributed by atoms with Gasteiger partial charge in [-0.15, -0.1) is 0 Å². The van der Waals surface area contributed by atoms with Crippen LogP contribution in [0.4, 0.5) is 0 Å². The van der Waals surface area contributed by atoms with Gasteiger partial charge in [0.25, 0.3) is 5.91 Å². The largest absolute Gasteiger partial charge is 0.505 e. The molecule has 2 fully saturated rings. The molecule has 3 N–H and O–H groups in total. The minimum absolute atomic E-state index is 0.0285. The zero-order valence-electron chi connectivity index (χ0n) is 16.6. The maximum atomic E-state index is 12.9. The summed E-state index contributed by atoms with van der Waals surface area (Å²) in [6.45, 7) is 3.60. The highest BCUT2D eigenvalue weighted by molar-refractivity contribution is 5.95. The summed E-state index contributed by atoms with van der Waals surface area (Å²) in [6.07, 6.45) is 3.61. The van der Waals surface area contributed by atoms with Crippen molar-refractivity contribution in [2.45, 2.75) is 44.8 Å². The summed E-state index contributed by atoms with van der Waals surface area (Å²) in [5, 5.41) is 15.5. The summed E-state index contributed by atoms with van der Waals surface area (Å²) >= 11 is 0. The van der Waals surface area contributed by atoms with E-state index >= 15 is 0 Å². The van der Waals surface area contributed by atoms with Crippen molar-refractivity contribution in [3.05, 3.63) is 24.0 Å². The number of rotatable bonds is 6. The quantitative estimate of drug-likeness (QED) is 0.633. The number of amides is 3. The van der Waals surface area contributed by atoms with E-state index in [9.17, 15) is 19.5 Å². The fourth-order valence-corrected chi connectivity index (χ4v) is 3.87. The van der Waals surface area contributed by atoms with Crippen molar-refractivity contribution in [3.8, 4) is 5.75 Å². The molecule has 158 valence electrons. The molecule has 1 aromatic heterocycles. The van der Waals surface area contributed by atoms with Crippen molar-refractivity contribution >= 4 is 17.7 Å². The first-order valence-corrected chi connectivity index (χ1v) is 10.1. The molecule has 1 saturated heterocycles. The van der Waals surface area contributed by atoms with Gasteiger partial charge in [-0.1, -0.05) is 6.92 Å². The molecule has 29 heavy (non-hydrogen) atoms. The van der Waals surface area contributed by atoms with Gasteiger partial charge in [-0.3, -0.25) is 14.4 Å². The summed E-state index contributed by atoms with van der Waals surface area (Å²) in [4.78, 5) is 42.6. The zero-order chi connectivity index (χ0) is 20.8. The van der Waals surface area contributed by atoms with Gasteiger partial charge >= 0.3 is 0 Å². The second-order valence-corrected chi connectivity index (χ2v) is 7.48. The Hall–Kier alpha value is -2.68. The average molecular weight is 404 g/mol. The van der Waals surface area contributed by atoms with Gasteiger partial charge in [0.1, 0.15) is 5.75 Å². The summed E-state index contributed by atoms with van der Waals surface area (Å²) < 4.78 is 5.95. The normalized spacial score (nSPS) is 24.7. The average Bonchev–Trinajstić information content (AvgIpc) is 2.72. The van der Waals surface area contributed by atoms with E-state index in [2.05, 4.69) is 15.6 Å². The molecule has 9 heteroatoms. The van der Waals surface area contributed by atoms with Gasteiger partial charge < -0.3 is 25.4 Å². The van der Waals surface area contributed by atoms with Crippen LogP contribution in [0.5, 0.6) is 5.75 Å². The van der Waals surface area contributed by atoms with Gasteiger partial charge in [-0.25, -0.2) is 4.98 Å². The lowest BCUT2D eigenvalue weighted by Crippen LogP contribution is -2.54. The lowest BCUT2D eigenvalue weighted by atomic mass is 9.82. The molecule has 9 nitrogen and oxygen atoms in total. The van der Waals surface area contributed by atoms with Crippen molar-refractivity contribution in [1.82, 2.24) is 20.5 Å². The van der Waals surface area contributed by atoms with E-state index in [4.69, 9.17) is 4.74 Å². The Morgan fingerprint density at radius 1 is 1.41 bits per heavy atom. The van der Waals surface area contributed by atoms with Crippen LogP contribution in [0.3, 0.4) is 0 Å². The number of hydrogen-bond donors (Lipinski definition) is 3. The van der Waals surface area contributed by atoms with E-state index < -0.39 is 5.91 Å². The van der Waals surface area contributed by atoms with E-state index in [0.717, 1.165) is 6.42 Å². The van der Waals surface area contributed by atoms with Gasteiger partial charge in [-0.2, -0.15) is 0 Å². The Morgan fingerprint density at radius 3 is 2.97 bits per heavy atom. The smallest absolute Gasteiger partial charge is 0.274 e. The molecule has 3 atom stereocenters. The van der Waals surface area contributed by atoms with Gasteiger partial charge in [0.15, 0.2) is 5.69 Å². The van der Waals surface area contributed by atoms with Crippen molar-refractivity contribution in [1.29, 1.82) is 0 Å². The maximum Gasteiger partial charge on any atom is 0.274 e. The van der Waals surface area contributed by atoms with Crippen LogP contribution in [0.2, 0.25) is 0 Å². The third-order valence-electron chi connectivity index (χ3n) is 5.35. The molecule has 0 radical (unpaired) electrons. The van der Waals surface area contributed by atoms with Crippen molar-refractivity contribution < 1.29 is 24.2 Å². The molecule has 1 aliphatic carbocycles. The third-order valence-corrected chi connectivity index (χ3v) is 5.35. The van der Waals surface area contributed by atoms with E-state index in [0.29, 0.717) is 39.0 Å². The number of pyridine rings is 1. The molecule has 3 rings (SSSR count). The summed E-state index contributed by atoms with van der Waals surface area (Å²) in [5.74, 6) is -1.05. The molecular weight excluding hydrogens is 376 g/mol. The van der Waals surface area contributed by atoms with E-state index in [1.165, 1.54) is 12.3 Å². The second-order valence-electron chi connectivity index (χ2n) is 7.48. The van der Waals surface area contributed by atoms with Crippen LogP contribution in [0.25, 0.3) is 0 Å². The van der Waals surface area contributed by atoms with Crippen LogP contribution >= 0.6 is 0 Å². The Kier molecular flexibility index (Phi) is 7.03. The summed E-state index contributed by atoms with van der Waals surface area (Å²) in [7, 11) is 0. The van der Waals surface area contributed by atoms with E-state index in [1.807, 2.05) is 6.92 Å². The molecule has 0 spiro atoms. The Labute approximate surface area is 169 Å². The zero-order valence-corrected chi connectivity index (χ0v) is 16.6. The highest BCUT2D eigenvalue weighted by Gasteiger charge is 2.38. The first-order valence-electron chi connectivity index (χ1n) is 10.1. The maximum absolute atomic E-state index is 12.9. The number of nitrogens with one attached hydrogen (secondary N) is 2. The number of hydrogen-bond acceptors (Lipinski definition) is 6. The van der Waals surface area contributed by atoms with E-state index in [1.54, 1.807) is 11.0 Å². The molecule has 1 saturated carbocycles. The predicted molar refractivity (Wildman–Crippen MR) is 104 cm³/mol. The number of piperazine rings is 1. The van der Waals surface area contributed by atoms with Crippen LogP contribution in [-0.4, -0.2) is 71.1 Å². The molecular formula is C20H28N4O5. The van der Waals surface area contributed by atoms with Crippen molar-refractivity contribution in [3.63, 3.8) is 0 Å². The van der Waals surface area contributed by atoms with Crippen LogP contribution in [0, 0.1) is 5.92 Å². The van der Waals surface area contributed by atoms with Crippen LogP contribution < -0.4 is 10.6 Å². The Balaban J connectivity index is 1.65. The topological polar surface area (TPSA) is 121 Å². The molecule has 1 aromatic rings. The van der Waals surface area contributed by atoms with Gasteiger partial charge in [0.2, 0.25) is 11.8 Å². The monoisotopic (exact) mass is 404 g/mol. The molecule has 0 unspecified atom stereocenters. The molecule has 2 aliphatic rings. The number of nitrogens with zero attached hydrogens (tertiary/aromatic N) is 2. The number of aromatic hydroxyl groups is 1. The Morgan fingerprint density at radius 2 is 2.24 bits per heavy atom. The first-order chi connectivity index (χ1) is 14.0. The minimum atomic E-state index is -0.462. The van der Waals surface area contributed by atoms with E-state index in [-0.39, 0.29) is 47.9 Å². The fourth-order valence-electron chi connectivity index (χ4n) is 3.87. The van der Waals surface area contributed by atoms with Gasteiger partial charge in [0.05, 0.1) is 18.7 Å². The van der Waals surface area contributed by atoms with Crippen molar-refractivity contribution in [2.24, 2.45) is 5.92 Å². The summed E-state index contributed by atoms with van der Waals surface area (Å²) in [5.41, 5.74) is -0.0285. The second kappa shape index (κ2) is 9.69. The predicted octanol–water partition coefficient (Wildman–Crippen LogP) is 0.439. The van der Waals surface area contributed by atoms with Gasteiger partial charge in [-0.05, 0) is 37.8 Å². The summed E-state index contributed by atoms with van der Waals surface area (Å²) in [6, 6.07) is 2.69. The van der Waals surface area contributed by atoms with Crippen molar-refractivity contribution in [2.75, 3.05) is 26.2 Å². The fraction of sp³-hybridized carbons (Fsp3) is 0.600. The van der Waals surface area contributed by atoms with Gasteiger partial charge in [0, 0.05) is 31.8 Å². The lowest BCUT2D eigenvalue weighted by Gasteiger charge is -2.38. The highest BCUT2D eigenvalue weighted by atomic mass is 16.5. The standard InChI is InChI=1S/C20H28N4O5/c1-2-10-29-16-11-13(20(28)24-9-8-21-17(26)12-24)5-6-14(16)23-19(27)18-15(25)4-3-7-22-18/h3-4,7,13-14,16,25H,2,5-6,8-12H2,1H3,(H,21,26)(H,23,27)/t13-,14-,16-/m0/s1. The lowest BCUT2D eigenvalue weighted by molar-refractivity contribution is -0.144. The van der Waals surface area contributed by atoms with Crippen LogP contribution in [0.15, 0.2) is 18.3 Å². The van der Waals surface area contributed by atoms with Crippen LogP contribution in [-0.2, 0) is 14.3 Å². The number of aromatic nitrogens is 1. The third kappa shape index (κ3) is 5.23. The molecule has 2 heterocycles. The number of carbonyl (C=O) groups is 3. The first kappa shape index (κ1) is 21.0. The Bertz CT molecular complexity index is 756. The molecule has 3 amide bonds. The molecule has 1 aliphatic heterocycles. The minimum Gasteiger partial charge on any atom is -0.505 e. The molecule has 0 aromatic carbocycles. The highest BCUT2D eigenvalue weighted by Crippen LogP contribution is 2.29. The SMILES string of the molecule is CCCO[C@H]1C[C@@H](C(=O)N2CCNC(=O)C2)CC[C@@H]1NC(=O)c1ncccc1O. The number of carbonyl (C=O) groups excluding carboxylic acids is 3. The molecule has 0 bridgehead atoms.